The van der Waals surface area contributed by atoms with Gasteiger partial charge in [0.05, 0.1) is 19.8 Å². The Morgan fingerprint density at radius 2 is 1.92 bits per heavy atom. The quantitative estimate of drug-likeness (QED) is 0.508. The summed E-state index contributed by atoms with van der Waals surface area (Å²) in [6.45, 7) is 3.76. The van der Waals surface area contributed by atoms with Crippen LogP contribution < -0.4 is 16.0 Å². The first-order chi connectivity index (χ1) is 12.1. The molecule has 132 valence electrons. The zero-order valence-corrected chi connectivity index (χ0v) is 14.0. The van der Waals surface area contributed by atoms with Gasteiger partial charge in [-0.25, -0.2) is 4.79 Å². The van der Waals surface area contributed by atoms with Gasteiger partial charge in [-0.15, -0.1) is 0 Å². The van der Waals surface area contributed by atoms with Crippen LogP contribution >= 0.6 is 0 Å². The van der Waals surface area contributed by atoms with Gasteiger partial charge in [0.2, 0.25) is 5.89 Å². The van der Waals surface area contributed by atoms with Crippen LogP contribution in [-0.4, -0.2) is 43.5 Å². The summed E-state index contributed by atoms with van der Waals surface area (Å²) in [7, 11) is 1.62. The van der Waals surface area contributed by atoms with Gasteiger partial charge in [-0.3, -0.25) is 9.78 Å². The van der Waals surface area contributed by atoms with E-state index in [-0.39, 0.29) is 11.5 Å². The van der Waals surface area contributed by atoms with Crippen molar-refractivity contribution in [3.63, 3.8) is 0 Å². The molecule has 0 bridgehead atoms. The average Bonchev–Trinajstić information content (AvgIpc) is 2.57. The molecule has 0 aliphatic carbocycles. The number of methoxy groups -OCH3 is 1. The number of aromatic nitrogens is 2. The van der Waals surface area contributed by atoms with Gasteiger partial charge in [0.25, 0.3) is 5.56 Å². The number of aryl methyl sites for hydroxylation is 1. The molecule has 2 aliphatic rings. The number of hydrogen-bond donors (Lipinski definition) is 1. The van der Waals surface area contributed by atoms with Crippen LogP contribution in [0, 0.1) is 6.92 Å². The predicted octanol–water partition coefficient (Wildman–Crippen LogP) is 1.33. The van der Waals surface area contributed by atoms with Crippen molar-refractivity contribution in [1.82, 2.24) is 9.97 Å². The summed E-state index contributed by atoms with van der Waals surface area (Å²) in [6.07, 6.45) is 0. The van der Waals surface area contributed by atoms with Crippen LogP contribution in [-0.2, 0) is 9.47 Å². The molecule has 25 heavy (non-hydrogen) atoms. The predicted molar refractivity (Wildman–Crippen MR) is 90.4 cm³/mol. The molecule has 0 radical (unpaired) electrons. The first kappa shape index (κ1) is 17.1. The Labute approximate surface area is 142 Å². The second-order valence-electron chi connectivity index (χ2n) is 5.45. The fourth-order valence-corrected chi connectivity index (χ4v) is 2.41. The number of benzene rings is 1. The van der Waals surface area contributed by atoms with E-state index in [0.717, 1.165) is 10.9 Å². The van der Waals surface area contributed by atoms with Gasteiger partial charge in [0.1, 0.15) is 23.5 Å². The lowest BCUT2D eigenvalue weighted by Gasteiger charge is -2.11. The van der Waals surface area contributed by atoms with Crippen LogP contribution in [0.4, 0.5) is 0 Å². The molecule has 2 aliphatic heterocycles. The maximum absolute atomic E-state index is 11.8. The van der Waals surface area contributed by atoms with E-state index in [1.54, 1.807) is 19.2 Å². The maximum Gasteiger partial charge on any atom is 0.351 e. The second kappa shape index (κ2) is 7.45. The van der Waals surface area contributed by atoms with Crippen LogP contribution in [0.2, 0.25) is 0 Å². The molecule has 8 nitrogen and oxygen atoms in total. The Hall–Kier alpha value is -2.71. The van der Waals surface area contributed by atoms with Gasteiger partial charge >= 0.3 is 5.69 Å². The van der Waals surface area contributed by atoms with E-state index in [4.69, 9.17) is 18.6 Å². The van der Waals surface area contributed by atoms with E-state index in [0.29, 0.717) is 37.8 Å². The molecule has 1 N–H and O–H groups in total. The van der Waals surface area contributed by atoms with E-state index in [9.17, 15) is 9.59 Å². The third-order valence-electron chi connectivity index (χ3n) is 3.63. The lowest BCUT2D eigenvalue weighted by Crippen LogP contribution is -2.24. The Balaban J connectivity index is 1.85. The summed E-state index contributed by atoms with van der Waals surface area (Å²) in [5.41, 5.74) is 0.339. The molecule has 0 atom stereocenters. The highest BCUT2D eigenvalue weighted by Gasteiger charge is 2.15. The van der Waals surface area contributed by atoms with Crippen LogP contribution in [0.25, 0.3) is 22.4 Å². The van der Waals surface area contributed by atoms with Gasteiger partial charge in [-0.2, -0.15) is 4.98 Å². The lowest BCUT2D eigenvalue weighted by molar-refractivity contribution is 0.0543. The molecule has 0 aromatic heterocycles. The minimum atomic E-state index is -0.739. The van der Waals surface area contributed by atoms with Gasteiger partial charge in [-0.1, -0.05) is 0 Å². The molecule has 0 spiro atoms. The SMILES string of the molecule is COCCOCCOc1cc2oc3nc(=O)[nH]c(=O)c-3cc2cc1C. The monoisotopic (exact) mass is 346 g/mol. The summed E-state index contributed by atoms with van der Waals surface area (Å²) in [6, 6.07) is 5.21. The van der Waals surface area contributed by atoms with Gasteiger partial charge in [-0.05, 0) is 24.6 Å². The number of rotatable bonds is 7. The van der Waals surface area contributed by atoms with Crippen molar-refractivity contribution in [2.75, 3.05) is 33.5 Å². The number of nitrogens with one attached hydrogen (secondary N) is 1. The number of aromatic amines is 1. The van der Waals surface area contributed by atoms with Gasteiger partial charge in [0.15, 0.2) is 0 Å². The van der Waals surface area contributed by atoms with E-state index in [1.165, 1.54) is 0 Å². The van der Waals surface area contributed by atoms with E-state index < -0.39 is 11.2 Å². The highest BCUT2D eigenvalue weighted by Crippen LogP contribution is 2.29. The fraction of sp³-hybridized carbons (Fsp3) is 0.353. The average molecular weight is 346 g/mol. The van der Waals surface area contributed by atoms with Gasteiger partial charge < -0.3 is 18.6 Å². The third-order valence-corrected chi connectivity index (χ3v) is 3.63. The molecule has 8 heteroatoms. The van der Waals surface area contributed by atoms with Crippen molar-refractivity contribution in [2.24, 2.45) is 0 Å². The van der Waals surface area contributed by atoms with E-state index in [2.05, 4.69) is 9.97 Å². The Morgan fingerprint density at radius 1 is 1.12 bits per heavy atom. The molecule has 0 fully saturated rings. The summed E-state index contributed by atoms with van der Waals surface area (Å²) >= 11 is 0. The fourth-order valence-electron chi connectivity index (χ4n) is 2.41. The molecule has 1 aromatic rings. The molecule has 0 saturated heterocycles. The van der Waals surface area contributed by atoms with Crippen molar-refractivity contribution in [2.45, 2.75) is 6.92 Å². The van der Waals surface area contributed by atoms with Crippen LogP contribution in [0.5, 0.6) is 5.75 Å². The van der Waals surface area contributed by atoms with Crippen molar-refractivity contribution in [3.05, 3.63) is 44.6 Å². The zero-order valence-electron chi connectivity index (χ0n) is 14.0. The highest BCUT2D eigenvalue weighted by atomic mass is 16.5. The Kier molecular flexibility index (Phi) is 5.11. The molecule has 0 saturated carbocycles. The van der Waals surface area contributed by atoms with Crippen LogP contribution in [0.1, 0.15) is 5.56 Å². The van der Waals surface area contributed by atoms with E-state index in [1.807, 2.05) is 13.0 Å². The van der Waals surface area contributed by atoms with Crippen LogP contribution in [0.15, 0.2) is 32.2 Å². The molecule has 1 aromatic carbocycles. The number of ether oxygens (including phenoxy) is 3. The zero-order chi connectivity index (χ0) is 17.8. The van der Waals surface area contributed by atoms with Crippen molar-refractivity contribution >= 4 is 11.0 Å². The lowest BCUT2D eigenvalue weighted by atomic mass is 10.1. The maximum atomic E-state index is 11.8. The Morgan fingerprint density at radius 3 is 2.72 bits per heavy atom. The highest BCUT2D eigenvalue weighted by molar-refractivity contribution is 5.83. The van der Waals surface area contributed by atoms with E-state index >= 15 is 0 Å². The minimum absolute atomic E-state index is 0.000970. The molecule has 3 rings (SSSR count). The van der Waals surface area contributed by atoms with Crippen molar-refractivity contribution in [1.29, 1.82) is 0 Å². The summed E-state index contributed by atoms with van der Waals surface area (Å²) in [4.78, 5) is 29.0. The second-order valence-corrected chi connectivity index (χ2v) is 5.45. The summed E-state index contributed by atoms with van der Waals surface area (Å²) in [5.74, 6) is 0.636. The number of nitrogens with zero attached hydrogens (tertiary/aromatic N) is 1. The topological polar surface area (TPSA) is 104 Å². The van der Waals surface area contributed by atoms with Gasteiger partial charge in [0, 0.05) is 18.6 Å². The van der Waals surface area contributed by atoms with Crippen LogP contribution in [0.3, 0.4) is 0 Å². The number of H-pyrrole nitrogens is 1. The number of hydrogen-bond acceptors (Lipinski definition) is 7. The molecule has 0 amide bonds. The molecular formula is C17H18N2O6. The molecule has 2 heterocycles. The summed E-state index contributed by atoms with van der Waals surface area (Å²) < 4.78 is 21.6. The standard InChI is InChI=1S/C17H18N2O6/c1-10-7-11-8-12-15(20)18-17(21)19-16(12)25-14(11)9-13(10)24-6-5-23-4-3-22-2/h7-9H,3-6H2,1-2H3,(H,18,20,21). The Bertz CT molecular complexity index is 962. The van der Waals surface area contributed by atoms with Crippen molar-refractivity contribution in [3.8, 4) is 17.2 Å². The summed E-state index contributed by atoms with van der Waals surface area (Å²) in [5, 5.41) is 0.722. The largest absolute Gasteiger partial charge is 0.491 e. The van der Waals surface area contributed by atoms with Crippen molar-refractivity contribution < 1.29 is 18.6 Å². The first-order valence-corrected chi connectivity index (χ1v) is 7.76. The third kappa shape index (κ3) is 3.86. The normalized spacial score (nSPS) is 11.3. The smallest absolute Gasteiger partial charge is 0.351 e. The first-order valence-electron chi connectivity index (χ1n) is 7.76. The molecular weight excluding hydrogens is 328 g/mol. The number of fused-ring (bicyclic) bond motifs is 2. The molecule has 0 unspecified atom stereocenters. The minimum Gasteiger partial charge on any atom is -0.491 e.